The van der Waals surface area contributed by atoms with Crippen LogP contribution >= 0.6 is 54.1 Å². The monoisotopic (exact) mass is 720 g/mol. The summed E-state index contributed by atoms with van der Waals surface area (Å²) >= 11 is 25.4. The Balaban J connectivity index is 1.80. The first-order valence-corrected chi connectivity index (χ1v) is 16.4. The molecule has 4 atom stereocenters. The van der Waals surface area contributed by atoms with E-state index in [4.69, 9.17) is 83.2 Å². The van der Waals surface area contributed by atoms with Gasteiger partial charge in [0, 0.05) is 0 Å². The number of carbonyl (C=O) groups excluding carboxylic acids is 2. The van der Waals surface area contributed by atoms with Crippen molar-refractivity contribution in [3.63, 3.8) is 0 Å². The van der Waals surface area contributed by atoms with Gasteiger partial charge in [0.1, 0.15) is 0 Å². The SMILES string of the molecule is CC(=O)O[C@@H]1[C@H](OC(C)=O)[C@@H](COP2(OC(C)C)(OC(C)C)Oc3c(Cl)c(Cl)c(Cl)c(Cl)c3O2)O[C@H]1n1ccc(=O)[nH]c1=O. The van der Waals surface area contributed by atoms with E-state index < -0.39 is 74.3 Å². The Hall–Kier alpha value is -2.13. The molecule has 1 aromatic carbocycles. The number of carbonyl (C=O) groups is 2. The van der Waals surface area contributed by atoms with Crippen molar-refractivity contribution in [2.24, 2.45) is 0 Å². The van der Waals surface area contributed by atoms with Crippen LogP contribution in [0.25, 0.3) is 0 Å². The summed E-state index contributed by atoms with van der Waals surface area (Å²) in [6.45, 7) is 8.30. The van der Waals surface area contributed by atoms with E-state index in [-0.39, 0.29) is 31.6 Å². The predicted molar refractivity (Wildman–Crippen MR) is 159 cm³/mol. The predicted octanol–water partition coefficient (Wildman–Crippen LogP) is 5.38. The molecule has 2 aliphatic rings. The van der Waals surface area contributed by atoms with Crippen molar-refractivity contribution in [1.29, 1.82) is 0 Å². The van der Waals surface area contributed by atoms with Crippen molar-refractivity contribution in [1.82, 2.24) is 9.55 Å². The number of aromatic amines is 1. The van der Waals surface area contributed by atoms with Gasteiger partial charge in [-0.2, -0.15) is 0 Å². The van der Waals surface area contributed by atoms with Crippen molar-refractivity contribution in [3.8, 4) is 11.5 Å². The molecule has 0 bridgehead atoms. The third-order valence-corrected chi connectivity index (χ3v) is 10.7. The molecule has 0 spiro atoms. The molecule has 3 heterocycles. The fourth-order valence-electron chi connectivity index (χ4n) is 4.52. The Morgan fingerprint density at radius 3 is 1.84 bits per heavy atom. The molecule has 1 fully saturated rings. The number of ether oxygens (including phenoxy) is 3. The number of fused-ring (bicyclic) bond motifs is 1. The van der Waals surface area contributed by atoms with Crippen LogP contribution in [0.2, 0.25) is 20.1 Å². The number of hydrogen-bond acceptors (Lipinski definition) is 12. The molecule has 0 aliphatic carbocycles. The van der Waals surface area contributed by atoms with E-state index in [9.17, 15) is 19.2 Å². The summed E-state index contributed by atoms with van der Waals surface area (Å²) < 4.78 is 49.0. The second-order valence-electron chi connectivity index (χ2n) is 10.2. The second kappa shape index (κ2) is 12.9. The van der Waals surface area contributed by atoms with Crippen molar-refractivity contribution in [2.75, 3.05) is 6.61 Å². The maximum atomic E-state index is 12.7. The summed E-state index contributed by atoms with van der Waals surface area (Å²) in [6, 6.07) is 1.06. The van der Waals surface area contributed by atoms with Gasteiger partial charge in [0.15, 0.2) is 0 Å². The maximum absolute atomic E-state index is 12.7. The third-order valence-electron chi connectivity index (χ3n) is 5.89. The Labute approximate surface area is 270 Å². The van der Waals surface area contributed by atoms with Crippen molar-refractivity contribution in [3.05, 3.63) is 53.2 Å². The molecule has 14 nitrogen and oxygen atoms in total. The van der Waals surface area contributed by atoms with Gasteiger partial charge in [0.05, 0.1) is 0 Å². The molecule has 4 rings (SSSR count). The molecule has 44 heavy (non-hydrogen) atoms. The van der Waals surface area contributed by atoms with Crippen molar-refractivity contribution in [2.45, 2.75) is 78.3 Å². The second-order valence-corrected chi connectivity index (χ2v) is 14.2. The van der Waals surface area contributed by atoms with Gasteiger partial charge < -0.3 is 0 Å². The van der Waals surface area contributed by atoms with Crippen LogP contribution in [0.4, 0.5) is 0 Å². The molecule has 2 aromatic rings. The van der Waals surface area contributed by atoms with Gasteiger partial charge in [-0.25, -0.2) is 0 Å². The molecule has 1 saturated heterocycles. The quantitative estimate of drug-likeness (QED) is 0.145. The minimum atomic E-state index is -5.28. The van der Waals surface area contributed by atoms with Gasteiger partial charge >= 0.3 is 272 Å². The average Bonchev–Trinajstić information content (AvgIpc) is 3.40. The molecule has 0 unspecified atom stereocenters. The number of nitrogens with one attached hydrogen (secondary N) is 1. The van der Waals surface area contributed by atoms with Crippen LogP contribution in [0.3, 0.4) is 0 Å². The Bertz CT molecular complexity index is 1530. The molecule has 0 amide bonds. The van der Waals surface area contributed by atoms with Gasteiger partial charge in [-0.1, -0.05) is 0 Å². The molecule has 0 radical (unpaired) electrons. The molecule has 1 N–H and O–H groups in total. The standard InChI is InChI=1S/C25H29Cl4N2O12P/c1-10(2)40-44(41-11(3)4,42-21-18(28)16(26)17(27)19(29)22(21)43-44)36-9-14-20(37-12(5)32)23(38-13(6)33)24(39-14)31-8-7-15(34)30-25(31)35/h7-8,10-11,14,20,23-24H,9H2,1-6H3,(H,30,34,35)/t14-,20-,23-,24-/m1/s1. The fourth-order valence-corrected chi connectivity index (χ4v) is 8.73. The number of hydrogen-bond donors (Lipinski definition) is 1. The van der Waals surface area contributed by atoms with E-state index in [0.29, 0.717) is 0 Å². The van der Waals surface area contributed by atoms with Crippen LogP contribution in [-0.4, -0.2) is 58.6 Å². The van der Waals surface area contributed by atoms with Crippen LogP contribution in [0, 0.1) is 0 Å². The van der Waals surface area contributed by atoms with E-state index in [1.807, 2.05) is 0 Å². The zero-order valence-electron chi connectivity index (χ0n) is 24.1. The topological polar surface area (TPSA) is 163 Å². The minimum absolute atomic E-state index is 0.124. The number of rotatable bonds is 10. The normalized spacial score (nSPS) is 24.2. The Kier molecular flexibility index (Phi) is 10.2. The fraction of sp³-hybridized carbons (Fsp3) is 0.520. The summed E-state index contributed by atoms with van der Waals surface area (Å²) in [4.78, 5) is 50.7. The number of benzene rings is 1. The summed E-state index contributed by atoms with van der Waals surface area (Å²) in [6.07, 6.45) is -5.54. The third kappa shape index (κ3) is 6.84. The van der Waals surface area contributed by atoms with E-state index >= 15 is 0 Å². The summed E-state index contributed by atoms with van der Waals surface area (Å²) in [5.41, 5.74) is -1.56. The average molecular weight is 722 g/mol. The summed E-state index contributed by atoms with van der Waals surface area (Å²) in [5, 5.41) is -0.567. The van der Waals surface area contributed by atoms with Crippen molar-refractivity contribution < 1.29 is 46.4 Å². The Morgan fingerprint density at radius 2 is 1.39 bits per heavy atom. The van der Waals surface area contributed by atoms with Gasteiger partial charge in [-0.3, -0.25) is 0 Å². The number of nitrogens with zero attached hydrogens (tertiary/aromatic N) is 1. The molecule has 1 aromatic heterocycles. The van der Waals surface area contributed by atoms with Gasteiger partial charge in [-0.15, -0.1) is 0 Å². The van der Waals surface area contributed by atoms with Gasteiger partial charge in [0.25, 0.3) is 0 Å². The number of aromatic nitrogens is 2. The molecule has 244 valence electrons. The first-order valence-electron chi connectivity index (χ1n) is 13.1. The first kappa shape index (κ1) is 34.7. The van der Waals surface area contributed by atoms with Crippen LogP contribution < -0.4 is 20.3 Å². The van der Waals surface area contributed by atoms with Gasteiger partial charge in [0.2, 0.25) is 0 Å². The Morgan fingerprint density at radius 1 is 0.886 bits per heavy atom. The molecule has 0 saturated carbocycles. The summed E-state index contributed by atoms with van der Waals surface area (Å²) in [5.74, 6) is -1.87. The molecular formula is C25H29Cl4N2O12P. The first-order chi connectivity index (χ1) is 20.5. The molecular weight excluding hydrogens is 693 g/mol. The van der Waals surface area contributed by atoms with Gasteiger partial charge in [-0.05, 0) is 0 Å². The van der Waals surface area contributed by atoms with E-state index in [1.165, 1.54) is 0 Å². The van der Waals surface area contributed by atoms with E-state index in [0.717, 1.165) is 30.7 Å². The zero-order valence-corrected chi connectivity index (χ0v) is 28.0. The zero-order chi connectivity index (χ0) is 32.7. The number of H-pyrrole nitrogens is 1. The van der Waals surface area contributed by atoms with E-state index in [1.54, 1.807) is 27.7 Å². The van der Waals surface area contributed by atoms with Crippen molar-refractivity contribution >= 4 is 66.1 Å². The van der Waals surface area contributed by atoms with Crippen LogP contribution in [0.5, 0.6) is 11.5 Å². The molecule has 2 aliphatic heterocycles. The number of halogens is 4. The summed E-state index contributed by atoms with van der Waals surface area (Å²) in [7, 11) is -5.28. The molecule has 19 heteroatoms. The number of esters is 2. The van der Waals surface area contributed by atoms with Crippen LogP contribution in [0.1, 0.15) is 47.8 Å². The van der Waals surface area contributed by atoms with Crippen LogP contribution in [0.15, 0.2) is 21.9 Å². The van der Waals surface area contributed by atoms with E-state index in [2.05, 4.69) is 4.98 Å². The van der Waals surface area contributed by atoms with Crippen LogP contribution in [-0.2, 0) is 37.4 Å².